The van der Waals surface area contributed by atoms with Crippen molar-refractivity contribution in [1.82, 2.24) is 5.32 Å². The van der Waals surface area contributed by atoms with E-state index in [2.05, 4.69) is 16.0 Å². The quantitative estimate of drug-likeness (QED) is 0.768. The predicted octanol–water partition coefficient (Wildman–Crippen LogP) is 3.80. The fourth-order valence-corrected chi connectivity index (χ4v) is 2.26. The van der Waals surface area contributed by atoms with Crippen molar-refractivity contribution in [2.45, 2.75) is 13.3 Å². The number of urea groups is 1. The highest BCUT2D eigenvalue weighted by molar-refractivity contribution is 6.34. The van der Waals surface area contributed by atoms with Gasteiger partial charge in [-0.05, 0) is 42.3 Å². The predicted molar refractivity (Wildman–Crippen MR) is 92.9 cm³/mol. The lowest BCUT2D eigenvalue weighted by Gasteiger charge is -2.10. The number of halogens is 2. The van der Waals surface area contributed by atoms with Crippen molar-refractivity contribution >= 4 is 34.9 Å². The van der Waals surface area contributed by atoms with Gasteiger partial charge in [0, 0.05) is 19.2 Å². The molecule has 0 aromatic heterocycles. The van der Waals surface area contributed by atoms with Crippen molar-refractivity contribution in [2.75, 3.05) is 17.2 Å². The molecule has 0 radical (unpaired) electrons. The van der Waals surface area contributed by atoms with Crippen LogP contribution in [0.1, 0.15) is 12.5 Å². The van der Waals surface area contributed by atoms with Crippen molar-refractivity contribution in [3.63, 3.8) is 0 Å². The first-order chi connectivity index (χ1) is 11.4. The third-order valence-corrected chi connectivity index (χ3v) is 3.46. The van der Waals surface area contributed by atoms with Crippen molar-refractivity contribution < 1.29 is 14.0 Å². The molecule has 0 heterocycles. The molecule has 24 heavy (non-hydrogen) atoms. The van der Waals surface area contributed by atoms with E-state index in [1.807, 2.05) is 0 Å². The minimum Gasteiger partial charge on any atom is -0.338 e. The monoisotopic (exact) mass is 349 g/mol. The molecule has 0 spiro atoms. The Morgan fingerprint density at radius 2 is 1.79 bits per heavy atom. The van der Waals surface area contributed by atoms with E-state index in [1.54, 1.807) is 30.3 Å². The highest BCUT2D eigenvalue weighted by Crippen LogP contribution is 2.25. The van der Waals surface area contributed by atoms with Crippen LogP contribution in [0.25, 0.3) is 0 Å². The molecule has 2 aromatic rings. The first-order valence-corrected chi connectivity index (χ1v) is 7.68. The number of benzene rings is 2. The summed E-state index contributed by atoms with van der Waals surface area (Å²) in [7, 11) is 0. The van der Waals surface area contributed by atoms with Crippen LogP contribution >= 0.6 is 11.6 Å². The highest BCUT2D eigenvalue weighted by Gasteiger charge is 2.07. The van der Waals surface area contributed by atoms with Gasteiger partial charge >= 0.3 is 6.03 Å². The standard InChI is InChI=1S/C17H17ClFN3O2/c1-11(23)21-14-6-7-16(15(18)10-14)22-17(24)20-9-8-12-2-4-13(19)5-3-12/h2-7,10H,8-9H2,1H3,(H,21,23)(H2,20,22,24). The van der Waals surface area contributed by atoms with Crippen LogP contribution in [0.5, 0.6) is 0 Å². The Hall–Kier alpha value is -2.60. The molecule has 2 rings (SSSR count). The minimum atomic E-state index is -0.397. The number of amides is 3. The molecule has 0 fully saturated rings. The molecule has 0 atom stereocenters. The lowest BCUT2D eigenvalue weighted by molar-refractivity contribution is -0.114. The van der Waals surface area contributed by atoms with Crippen LogP contribution in [-0.2, 0) is 11.2 Å². The number of hydrogen-bond donors (Lipinski definition) is 3. The Morgan fingerprint density at radius 1 is 1.08 bits per heavy atom. The van der Waals surface area contributed by atoms with E-state index in [4.69, 9.17) is 11.6 Å². The summed E-state index contributed by atoms with van der Waals surface area (Å²) in [6, 6.07) is 10.5. The molecule has 126 valence electrons. The van der Waals surface area contributed by atoms with Crippen molar-refractivity contribution in [2.24, 2.45) is 0 Å². The summed E-state index contributed by atoms with van der Waals surface area (Å²) >= 11 is 6.07. The van der Waals surface area contributed by atoms with E-state index in [9.17, 15) is 14.0 Å². The summed E-state index contributed by atoms with van der Waals surface area (Å²) in [4.78, 5) is 22.8. The van der Waals surface area contributed by atoms with Crippen LogP contribution < -0.4 is 16.0 Å². The fraction of sp³-hybridized carbons (Fsp3) is 0.176. The number of rotatable bonds is 5. The molecule has 0 bridgehead atoms. The van der Waals surface area contributed by atoms with Gasteiger partial charge in [-0.25, -0.2) is 9.18 Å². The third kappa shape index (κ3) is 5.55. The normalized spacial score (nSPS) is 10.1. The summed E-state index contributed by atoms with van der Waals surface area (Å²) in [5.41, 5.74) is 1.91. The van der Waals surface area contributed by atoms with E-state index in [-0.39, 0.29) is 11.7 Å². The summed E-state index contributed by atoms with van der Waals surface area (Å²) in [5, 5.41) is 8.25. The lowest BCUT2D eigenvalue weighted by Crippen LogP contribution is -2.30. The van der Waals surface area contributed by atoms with Gasteiger partial charge in [-0.2, -0.15) is 0 Å². The van der Waals surface area contributed by atoms with Gasteiger partial charge in [-0.3, -0.25) is 4.79 Å². The molecule has 0 saturated carbocycles. The molecule has 0 unspecified atom stereocenters. The average Bonchev–Trinajstić information content (AvgIpc) is 2.51. The smallest absolute Gasteiger partial charge is 0.319 e. The molecule has 0 aliphatic rings. The Morgan fingerprint density at radius 3 is 2.42 bits per heavy atom. The summed E-state index contributed by atoms with van der Waals surface area (Å²) in [6.07, 6.45) is 0.586. The topological polar surface area (TPSA) is 70.2 Å². The Bertz CT molecular complexity index is 735. The van der Waals surface area contributed by atoms with E-state index < -0.39 is 6.03 Å². The van der Waals surface area contributed by atoms with Crippen molar-refractivity contribution in [1.29, 1.82) is 0 Å². The highest BCUT2D eigenvalue weighted by atomic mass is 35.5. The largest absolute Gasteiger partial charge is 0.338 e. The van der Waals surface area contributed by atoms with Gasteiger partial charge in [0.2, 0.25) is 5.91 Å². The van der Waals surface area contributed by atoms with E-state index in [1.165, 1.54) is 19.1 Å². The molecule has 2 aromatic carbocycles. The molecule has 0 aliphatic carbocycles. The number of carbonyl (C=O) groups is 2. The second kappa shape index (κ2) is 8.31. The molecule has 0 aliphatic heterocycles. The number of carbonyl (C=O) groups excluding carboxylic acids is 2. The maximum Gasteiger partial charge on any atom is 0.319 e. The van der Waals surface area contributed by atoms with Crippen LogP contribution in [0.2, 0.25) is 5.02 Å². The zero-order valence-electron chi connectivity index (χ0n) is 13.0. The molecule has 5 nitrogen and oxygen atoms in total. The molecular weight excluding hydrogens is 333 g/mol. The van der Waals surface area contributed by atoms with Crippen LogP contribution in [0.4, 0.5) is 20.6 Å². The van der Waals surface area contributed by atoms with Gasteiger partial charge < -0.3 is 16.0 Å². The van der Waals surface area contributed by atoms with Crippen molar-refractivity contribution in [3.8, 4) is 0 Å². The third-order valence-electron chi connectivity index (χ3n) is 3.15. The maximum atomic E-state index is 12.8. The average molecular weight is 350 g/mol. The molecule has 3 N–H and O–H groups in total. The van der Waals surface area contributed by atoms with Gasteiger partial charge in [0.15, 0.2) is 0 Å². The number of hydrogen-bond acceptors (Lipinski definition) is 2. The van der Waals surface area contributed by atoms with Gasteiger partial charge in [-0.1, -0.05) is 23.7 Å². The SMILES string of the molecule is CC(=O)Nc1ccc(NC(=O)NCCc2ccc(F)cc2)c(Cl)c1. The van der Waals surface area contributed by atoms with Gasteiger partial charge in [0.1, 0.15) is 5.82 Å². The lowest BCUT2D eigenvalue weighted by atomic mass is 10.1. The number of anilines is 2. The maximum absolute atomic E-state index is 12.8. The molecular formula is C17H17ClFN3O2. The summed E-state index contributed by atoms with van der Waals surface area (Å²) < 4.78 is 12.8. The van der Waals surface area contributed by atoms with E-state index in [0.29, 0.717) is 29.4 Å². The van der Waals surface area contributed by atoms with E-state index in [0.717, 1.165) is 5.56 Å². The van der Waals surface area contributed by atoms with Crippen LogP contribution in [0.15, 0.2) is 42.5 Å². The first kappa shape index (κ1) is 17.7. The minimum absolute atomic E-state index is 0.203. The zero-order valence-corrected chi connectivity index (χ0v) is 13.8. The van der Waals surface area contributed by atoms with Gasteiger partial charge in [0.05, 0.1) is 10.7 Å². The summed E-state index contributed by atoms with van der Waals surface area (Å²) in [6.45, 7) is 1.80. The molecule has 0 saturated heterocycles. The number of nitrogens with one attached hydrogen (secondary N) is 3. The Labute approximate surface area is 144 Å². The van der Waals surface area contributed by atoms with Crippen molar-refractivity contribution in [3.05, 3.63) is 58.9 Å². The summed E-state index contributed by atoms with van der Waals surface area (Å²) in [5.74, 6) is -0.493. The van der Waals surface area contributed by atoms with Crippen LogP contribution in [0.3, 0.4) is 0 Å². The molecule has 7 heteroatoms. The fourth-order valence-electron chi connectivity index (χ4n) is 2.04. The van der Waals surface area contributed by atoms with E-state index >= 15 is 0 Å². The molecule has 3 amide bonds. The van der Waals surface area contributed by atoms with Crippen LogP contribution in [0, 0.1) is 5.82 Å². The Kier molecular flexibility index (Phi) is 6.14. The first-order valence-electron chi connectivity index (χ1n) is 7.30. The van der Waals surface area contributed by atoms with Crippen LogP contribution in [-0.4, -0.2) is 18.5 Å². The zero-order chi connectivity index (χ0) is 17.5. The Balaban J connectivity index is 1.83. The van der Waals surface area contributed by atoms with Gasteiger partial charge in [0.25, 0.3) is 0 Å². The second-order valence-electron chi connectivity index (χ2n) is 5.13. The second-order valence-corrected chi connectivity index (χ2v) is 5.54. The van der Waals surface area contributed by atoms with Gasteiger partial charge in [-0.15, -0.1) is 0 Å².